The Bertz CT molecular complexity index is 3430. The summed E-state index contributed by atoms with van der Waals surface area (Å²) in [5.41, 5.74) is 18.2. The predicted octanol–water partition coefficient (Wildman–Crippen LogP) is 16.7. The molecule has 0 saturated heterocycles. The number of para-hydroxylation sites is 3. The van der Waals surface area contributed by atoms with Crippen molar-refractivity contribution in [1.82, 2.24) is 4.57 Å². The van der Waals surface area contributed by atoms with E-state index in [1.54, 1.807) is 0 Å². The summed E-state index contributed by atoms with van der Waals surface area (Å²) in [6, 6.07) is 57.5. The number of hydrogen-bond acceptors (Lipinski definition) is 3. The molecule has 9 aromatic rings. The van der Waals surface area contributed by atoms with Crippen molar-refractivity contribution in [3.63, 3.8) is 0 Å². The Balaban J connectivity index is 1.16. The van der Waals surface area contributed by atoms with E-state index < -0.39 is 5.41 Å². The predicted molar refractivity (Wildman–Crippen MR) is 300 cm³/mol. The van der Waals surface area contributed by atoms with Crippen molar-refractivity contribution in [2.75, 3.05) is 16.8 Å². The second-order valence-corrected chi connectivity index (χ2v) is 21.6. The molecule has 0 saturated carbocycles. The number of fused-ring (bicyclic) bond motifs is 9. The lowest BCUT2D eigenvalue weighted by Crippen LogP contribution is -2.66. The van der Waals surface area contributed by atoms with Gasteiger partial charge in [-0.05, 0) is 96.0 Å². The maximum absolute atomic E-state index is 7.35. The van der Waals surface area contributed by atoms with Gasteiger partial charge in [-0.25, -0.2) is 4.57 Å². The van der Waals surface area contributed by atoms with Crippen molar-refractivity contribution in [3.8, 4) is 17.1 Å². The molecule has 0 N–H and O–H groups in total. The molecule has 5 nitrogen and oxygen atoms in total. The van der Waals surface area contributed by atoms with E-state index in [4.69, 9.17) is 4.42 Å². The molecule has 3 aliphatic heterocycles. The van der Waals surface area contributed by atoms with Crippen molar-refractivity contribution in [3.05, 3.63) is 209 Å². The van der Waals surface area contributed by atoms with Crippen molar-refractivity contribution >= 4 is 39.0 Å². The topological polar surface area (TPSA) is 28.4 Å². The molecule has 3 atom stereocenters. The van der Waals surface area contributed by atoms with E-state index in [0.29, 0.717) is 11.8 Å². The van der Waals surface area contributed by atoms with Crippen molar-refractivity contribution < 1.29 is 8.98 Å². The molecule has 0 bridgehead atoms. The van der Waals surface area contributed by atoms with Crippen molar-refractivity contribution in [2.24, 2.45) is 5.92 Å². The van der Waals surface area contributed by atoms with Gasteiger partial charge in [0.15, 0.2) is 0 Å². The van der Waals surface area contributed by atoms with E-state index in [0.717, 1.165) is 42.2 Å². The van der Waals surface area contributed by atoms with Crippen LogP contribution in [0.2, 0.25) is 0 Å². The number of hydrogen-bond donors (Lipinski definition) is 0. The van der Waals surface area contributed by atoms with Gasteiger partial charge in [0.05, 0.1) is 28.0 Å². The van der Waals surface area contributed by atoms with Crippen LogP contribution in [0.5, 0.6) is 0 Å². The Labute approximate surface area is 427 Å². The average Bonchev–Trinajstić information content (AvgIpc) is 4.09. The first kappa shape index (κ1) is 46.2. The van der Waals surface area contributed by atoms with Gasteiger partial charge in [0, 0.05) is 40.4 Å². The van der Waals surface area contributed by atoms with E-state index in [9.17, 15) is 0 Å². The smallest absolute Gasteiger partial charge is 0.294 e. The highest BCUT2D eigenvalue weighted by Crippen LogP contribution is 2.65. The van der Waals surface area contributed by atoms with Crippen molar-refractivity contribution in [1.29, 1.82) is 0 Å². The molecule has 12 rings (SSSR count). The third kappa shape index (κ3) is 6.54. The molecule has 0 radical (unpaired) electrons. The number of aryl methyl sites for hydroxylation is 1. The van der Waals surface area contributed by atoms with Gasteiger partial charge in [0.25, 0.3) is 5.82 Å². The molecule has 0 fully saturated rings. The minimum Gasteiger partial charge on any atom is -0.456 e. The van der Waals surface area contributed by atoms with Gasteiger partial charge in [-0.15, -0.1) is 0 Å². The van der Waals surface area contributed by atoms with Crippen LogP contribution < -0.4 is 14.4 Å². The molecule has 0 amide bonds. The Kier molecular flexibility index (Phi) is 11.6. The number of anilines is 3. The SMILES string of the molecule is CCCCCC(C)c1cccc(C(C)C)c1-n1cc[n+]2c1-c1ccccc1CC(C1N(C)c3cccc4c3N1c1c(CC)cc3c(oc5ccccc53)c1C4(c1ccccc1)c1ccccc1)C2(CC)CC. The number of unbranched alkanes of at least 4 members (excludes halogenated alkanes) is 2. The number of rotatable bonds is 13. The van der Waals surface area contributed by atoms with E-state index in [1.165, 1.54) is 110 Å². The fourth-order valence-electron chi connectivity index (χ4n) is 14.4. The Hall–Kier alpha value is -6.85. The molecule has 0 aliphatic carbocycles. The molecule has 3 aliphatic rings. The summed E-state index contributed by atoms with van der Waals surface area (Å²) in [6.07, 6.45) is 13.6. The second-order valence-electron chi connectivity index (χ2n) is 21.6. The highest BCUT2D eigenvalue weighted by atomic mass is 16.3. The zero-order valence-corrected chi connectivity index (χ0v) is 43.8. The summed E-state index contributed by atoms with van der Waals surface area (Å²) in [5.74, 6) is 2.26. The van der Waals surface area contributed by atoms with E-state index >= 15 is 0 Å². The van der Waals surface area contributed by atoms with Crippen LogP contribution in [0.25, 0.3) is 39.0 Å². The highest BCUT2D eigenvalue weighted by molar-refractivity contribution is 6.11. The van der Waals surface area contributed by atoms with Crippen LogP contribution >= 0.6 is 0 Å². The highest BCUT2D eigenvalue weighted by Gasteiger charge is 2.59. The van der Waals surface area contributed by atoms with Gasteiger partial charge >= 0.3 is 0 Å². The van der Waals surface area contributed by atoms with Crippen LogP contribution in [0.4, 0.5) is 17.1 Å². The van der Waals surface area contributed by atoms with Crippen LogP contribution in [0, 0.1) is 5.92 Å². The van der Waals surface area contributed by atoms with Gasteiger partial charge in [-0.3, -0.25) is 0 Å². The molecular weight excluding hydrogens is 877 g/mol. The molecule has 0 spiro atoms. The van der Waals surface area contributed by atoms with Gasteiger partial charge < -0.3 is 14.2 Å². The molecule has 5 heterocycles. The summed E-state index contributed by atoms with van der Waals surface area (Å²) >= 11 is 0. The fraction of sp³-hybridized carbons (Fsp3) is 0.328. The van der Waals surface area contributed by atoms with Gasteiger partial charge in [-0.2, -0.15) is 4.57 Å². The normalized spacial score (nSPS) is 17.7. The summed E-state index contributed by atoms with van der Waals surface area (Å²) in [6.45, 7) is 16.8. The number of aromatic nitrogens is 2. The first-order valence-corrected chi connectivity index (χ1v) is 27.3. The number of benzene rings is 7. The monoisotopic (exact) mass is 948 g/mol. The Morgan fingerprint density at radius 3 is 2.07 bits per heavy atom. The standard InChI is InChI=1S/C67H71N4O/c1-9-13-16-27-45(7)51-36-25-35-50(44(5)6)61(51)69-40-41-70-64(69)52-33-22-21-28-47(52)43-56(66(70,11-3)12-4)65-68(8)57-38-26-37-55-62(57)71(65)60-46(10-2)42-54-53-34-23-24-39-58(53)72-63(54)59(60)67(55,48-29-17-14-18-30-48)49-31-19-15-20-32-49/h14-15,17-26,28-42,44-45,56,65H,9-13,16,27,43H2,1-8H3/q+1. The van der Waals surface area contributed by atoms with Crippen molar-refractivity contribution in [2.45, 2.75) is 129 Å². The molecule has 364 valence electrons. The van der Waals surface area contributed by atoms with Gasteiger partial charge in [-0.1, -0.05) is 195 Å². The summed E-state index contributed by atoms with van der Waals surface area (Å²) in [4.78, 5) is 5.52. The minimum absolute atomic E-state index is 0.0385. The second kappa shape index (κ2) is 18.0. The third-order valence-corrected chi connectivity index (χ3v) is 17.8. The van der Waals surface area contributed by atoms with Gasteiger partial charge in [0.1, 0.15) is 41.0 Å². The van der Waals surface area contributed by atoms with Crippen LogP contribution in [-0.4, -0.2) is 17.8 Å². The number of furan rings is 1. The summed E-state index contributed by atoms with van der Waals surface area (Å²) in [7, 11) is 2.39. The lowest BCUT2D eigenvalue weighted by Gasteiger charge is -2.50. The lowest BCUT2D eigenvalue weighted by atomic mass is 9.61. The van der Waals surface area contributed by atoms with Crippen LogP contribution in [-0.2, 0) is 23.8 Å². The van der Waals surface area contributed by atoms with E-state index in [1.807, 2.05) is 0 Å². The van der Waals surface area contributed by atoms with Crippen LogP contribution in [0.1, 0.15) is 143 Å². The maximum Gasteiger partial charge on any atom is 0.294 e. The first-order valence-electron chi connectivity index (χ1n) is 27.3. The Morgan fingerprint density at radius 2 is 1.36 bits per heavy atom. The zero-order valence-electron chi connectivity index (χ0n) is 43.8. The first-order chi connectivity index (χ1) is 35.2. The maximum atomic E-state index is 7.35. The molecular formula is C67H71N4O+. The largest absolute Gasteiger partial charge is 0.456 e. The third-order valence-electron chi connectivity index (χ3n) is 17.8. The van der Waals surface area contributed by atoms with E-state index in [-0.39, 0.29) is 17.6 Å². The lowest BCUT2D eigenvalue weighted by molar-refractivity contribution is -0.764. The summed E-state index contributed by atoms with van der Waals surface area (Å²) < 4.78 is 12.8. The molecule has 5 heteroatoms. The molecule has 7 aromatic carbocycles. The molecule has 72 heavy (non-hydrogen) atoms. The molecule has 2 aromatic heterocycles. The molecule has 3 unspecified atom stereocenters. The summed E-state index contributed by atoms with van der Waals surface area (Å²) in [5, 5.41) is 2.35. The number of nitrogens with zero attached hydrogens (tertiary/aromatic N) is 4. The van der Waals surface area contributed by atoms with E-state index in [2.05, 4.69) is 239 Å². The number of imidazole rings is 1. The minimum atomic E-state index is -0.691. The van der Waals surface area contributed by atoms with Crippen LogP contribution in [0.3, 0.4) is 0 Å². The average molecular weight is 948 g/mol. The quantitative estimate of drug-likeness (QED) is 0.0852. The zero-order chi connectivity index (χ0) is 49.5. The van der Waals surface area contributed by atoms with Gasteiger partial charge in [0.2, 0.25) is 0 Å². The Morgan fingerprint density at radius 1 is 0.681 bits per heavy atom. The fourth-order valence-corrected chi connectivity index (χ4v) is 14.4. The van der Waals surface area contributed by atoms with Crippen LogP contribution in [0.15, 0.2) is 168 Å².